The van der Waals surface area contributed by atoms with Crippen molar-refractivity contribution in [2.24, 2.45) is 22.2 Å². The Kier molecular flexibility index (Phi) is 15.1. The second kappa shape index (κ2) is 17.5. The van der Waals surface area contributed by atoms with Gasteiger partial charge in [-0.3, -0.25) is 19.4 Å². The number of carboxylic acids is 1. The Hall–Kier alpha value is -2.97. The quantitative estimate of drug-likeness (QED) is 0.0502. The number of nitrogens with zero attached hydrogens (tertiary/aromatic N) is 1. The summed E-state index contributed by atoms with van der Waals surface area (Å²) in [6.45, 7) is 0.212. The van der Waals surface area contributed by atoms with E-state index in [1.54, 1.807) is 12.1 Å². The minimum atomic E-state index is -1.22. The van der Waals surface area contributed by atoms with Crippen molar-refractivity contribution in [2.75, 3.05) is 24.3 Å². The van der Waals surface area contributed by atoms with E-state index in [1.165, 1.54) is 11.8 Å². The van der Waals surface area contributed by atoms with Crippen molar-refractivity contribution in [2.45, 2.75) is 49.9 Å². The summed E-state index contributed by atoms with van der Waals surface area (Å²) in [5.74, 6) is -2.50. The smallest absolute Gasteiger partial charge is 0.326 e. The Morgan fingerprint density at radius 3 is 2.14 bits per heavy atom. The van der Waals surface area contributed by atoms with Crippen LogP contribution >= 0.6 is 24.4 Å². The van der Waals surface area contributed by atoms with Crippen LogP contribution in [0.15, 0.2) is 35.3 Å². The number of carboxylic acid groups (broad SMARTS) is 1. The zero-order valence-electron chi connectivity index (χ0n) is 20.8. The molecular weight excluding hydrogens is 518 g/mol. The lowest BCUT2D eigenvalue weighted by Gasteiger charge is -2.25. The first-order valence-electron chi connectivity index (χ1n) is 11.7. The molecule has 0 radical (unpaired) electrons. The number of benzene rings is 1. The van der Waals surface area contributed by atoms with Gasteiger partial charge < -0.3 is 38.3 Å². The summed E-state index contributed by atoms with van der Waals surface area (Å²) >= 11 is 5.50. The number of amides is 3. The van der Waals surface area contributed by atoms with Crippen LogP contribution in [-0.2, 0) is 25.6 Å². The molecular formula is C23H37N7O5S2. The number of aliphatic carboxylic acids is 1. The molecule has 0 heterocycles. The molecule has 4 unspecified atom stereocenters. The highest BCUT2D eigenvalue weighted by atomic mass is 32.2. The molecule has 4 atom stereocenters. The normalized spacial score (nSPS) is 13.9. The second-order valence-electron chi connectivity index (χ2n) is 8.23. The molecule has 0 aliphatic carbocycles. The Morgan fingerprint density at radius 1 is 0.973 bits per heavy atom. The molecule has 1 rings (SSSR count). The van der Waals surface area contributed by atoms with Gasteiger partial charge in [-0.05, 0) is 36.8 Å². The molecule has 0 aromatic heterocycles. The Balaban J connectivity index is 3.00. The van der Waals surface area contributed by atoms with Crippen LogP contribution < -0.4 is 33.2 Å². The minimum absolute atomic E-state index is 0.0873. The maximum Gasteiger partial charge on any atom is 0.326 e. The number of hydrogen-bond acceptors (Lipinski definition) is 8. The maximum absolute atomic E-state index is 13.2. The molecule has 3 amide bonds. The lowest BCUT2D eigenvalue weighted by molar-refractivity contribution is -0.142. The average molecular weight is 556 g/mol. The van der Waals surface area contributed by atoms with Crippen molar-refractivity contribution >= 4 is 54.0 Å². The van der Waals surface area contributed by atoms with Crippen LogP contribution in [-0.4, -0.2) is 83.2 Å². The number of hydrogen-bond donors (Lipinski definition) is 8. The third-order valence-electron chi connectivity index (χ3n) is 5.25. The van der Waals surface area contributed by atoms with Gasteiger partial charge in [0.2, 0.25) is 17.7 Å². The number of rotatable bonds is 17. The van der Waals surface area contributed by atoms with Crippen LogP contribution in [0.1, 0.15) is 24.8 Å². The molecule has 206 valence electrons. The molecule has 0 saturated carbocycles. The van der Waals surface area contributed by atoms with Gasteiger partial charge in [-0.15, -0.1) is 0 Å². The van der Waals surface area contributed by atoms with Gasteiger partial charge in [-0.25, -0.2) is 4.79 Å². The lowest BCUT2D eigenvalue weighted by atomic mass is 10.0. The van der Waals surface area contributed by atoms with Gasteiger partial charge in [-0.2, -0.15) is 24.4 Å². The highest BCUT2D eigenvalue weighted by Crippen LogP contribution is 2.08. The predicted octanol–water partition coefficient (Wildman–Crippen LogP) is -1.17. The summed E-state index contributed by atoms with van der Waals surface area (Å²) in [4.78, 5) is 54.2. The third kappa shape index (κ3) is 12.7. The fourth-order valence-corrected chi connectivity index (χ4v) is 3.87. The molecule has 0 fully saturated rings. The topological polar surface area (TPSA) is 215 Å². The van der Waals surface area contributed by atoms with Gasteiger partial charge in [0.15, 0.2) is 5.96 Å². The van der Waals surface area contributed by atoms with E-state index in [2.05, 4.69) is 33.6 Å². The van der Waals surface area contributed by atoms with E-state index in [0.29, 0.717) is 12.2 Å². The molecule has 1 aromatic rings. The summed E-state index contributed by atoms with van der Waals surface area (Å²) < 4.78 is 0. The van der Waals surface area contributed by atoms with E-state index in [-0.39, 0.29) is 37.5 Å². The Morgan fingerprint density at radius 2 is 1.57 bits per heavy atom. The summed E-state index contributed by atoms with van der Waals surface area (Å²) in [7, 11) is 0. The van der Waals surface area contributed by atoms with E-state index in [9.17, 15) is 24.3 Å². The summed E-state index contributed by atoms with van der Waals surface area (Å²) in [5, 5.41) is 17.3. The van der Waals surface area contributed by atoms with E-state index >= 15 is 0 Å². The number of thiol groups is 1. The predicted molar refractivity (Wildman–Crippen MR) is 148 cm³/mol. The highest BCUT2D eigenvalue weighted by Gasteiger charge is 2.30. The molecule has 0 spiro atoms. The molecule has 0 bridgehead atoms. The number of thioether (sulfide) groups is 1. The van der Waals surface area contributed by atoms with Crippen molar-refractivity contribution in [3.05, 3.63) is 35.9 Å². The van der Waals surface area contributed by atoms with Crippen LogP contribution in [0.4, 0.5) is 0 Å². The Labute approximate surface area is 226 Å². The largest absolute Gasteiger partial charge is 0.480 e. The van der Waals surface area contributed by atoms with E-state index in [4.69, 9.17) is 17.2 Å². The monoisotopic (exact) mass is 555 g/mol. The van der Waals surface area contributed by atoms with Crippen molar-refractivity contribution in [3.8, 4) is 0 Å². The van der Waals surface area contributed by atoms with E-state index in [0.717, 1.165) is 5.56 Å². The minimum Gasteiger partial charge on any atom is -0.480 e. The summed E-state index contributed by atoms with van der Waals surface area (Å²) in [6, 6.07) is 4.91. The van der Waals surface area contributed by atoms with Crippen LogP contribution in [0.2, 0.25) is 0 Å². The van der Waals surface area contributed by atoms with Gasteiger partial charge >= 0.3 is 5.97 Å². The van der Waals surface area contributed by atoms with Crippen molar-refractivity contribution in [1.82, 2.24) is 16.0 Å². The summed E-state index contributed by atoms with van der Waals surface area (Å²) in [5.41, 5.74) is 17.1. The number of nitrogens with one attached hydrogen (secondary N) is 3. The molecule has 12 nitrogen and oxygen atoms in total. The van der Waals surface area contributed by atoms with E-state index < -0.39 is 47.9 Å². The van der Waals surface area contributed by atoms with Gasteiger partial charge in [0, 0.05) is 18.7 Å². The number of nitrogens with two attached hydrogens (primary N) is 3. The highest BCUT2D eigenvalue weighted by molar-refractivity contribution is 7.98. The molecule has 10 N–H and O–H groups in total. The molecule has 0 aliphatic rings. The van der Waals surface area contributed by atoms with Crippen molar-refractivity contribution in [1.29, 1.82) is 0 Å². The van der Waals surface area contributed by atoms with Crippen molar-refractivity contribution in [3.63, 3.8) is 0 Å². The van der Waals surface area contributed by atoms with E-state index in [1.807, 2.05) is 24.5 Å². The zero-order chi connectivity index (χ0) is 27.8. The zero-order valence-corrected chi connectivity index (χ0v) is 22.5. The number of carbonyl (C=O) groups excluding carboxylic acids is 3. The van der Waals surface area contributed by atoms with Crippen LogP contribution in [0.3, 0.4) is 0 Å². The summed E-state index contributed by atoms with van der Waals surface area (Å²) in [6.07, 6.45) is 2.68. The van der Waals surface area contributed by atoms with Gasteiger partial charge in [0.25, 0.3) is 0 Å². The standard InChI is InChI=1S/C23H37N7O5S2/c1-37-11-9-16(20(32)29-17(22(34)35)8-5-10-27-23(25)26)28-21(33)18(30-19(31)15(24)13-36)12-14-6-3-2-4-7-14/h2-4,6-7,15-18,36H,5,8-13,24H2,1H3,(H,28,33)(H,29,32)(H,30,31)(H,34,35)(H4,25,26,27). The van der Waals surface area contributed by atoms with Gasteiger partial charge in [0.1, 0.15) is 18.1 Å². The van der Waals surface area contributed by atoms with Crippen molar-refractivity contribution < 1.29 is 24.3 Å². The van der Waals surface area contributed by atoms with Gasteiger partial charge in [-0.1, -0.05) is 30.3 Å². The fraction of sp³-hybridized carbons (Fsp3) is 0.522. The first-order chi connectivity index (χ1) is 17.6. The average Bonchev–Trinajstić information content (AvgIpc) is 2.87. The number of carbonyl (C=O) groups is 4. The fourth-order valence-electron chi connectivity index (χ4n) is 3.23. The van der Waals surface area contributed by atoms with Crippen LogP contribution in [0.5, 0.6) is 0 Å². The molecule has 1 aromatic carbocycles. The number of aliphatic imine (C=N–C) groups is 1. The second-order valence-corrected chi connectivity index (χ2v) is 9.58. The lowest BCUT2D eigenvalue weighted by Crippen LogP contribution is -2.58. The Bertz CT molecular complexity index is 916. The first-order valence-corrected chi connectivity index (χ1v) is 13.7. The molecule has 0 saturated heterocycles. The molecule has 0 aliphatic heterocycles. The van der Waals surface area contributed by atoms with Crippen LogP contribution in [0.25, 0.3) is 0 Å². The van der Waals surface area contributed by atoms with Gasteiger partial charge in [0.05, 0.1) is 6.04 Å². The van der Waals surface area contributed by atoms with Crippen LogP contribution in [0, 0.1) is 0 Å². The maximum atomic E-state index is 13.2. The molecule has 14 heteroatoms. The molecule has 37 heavy (non-hydrogen) atoms. The third-order valence-corrected chi connectivity index (χ3v) is 6.29. The number of guanidine groups is 1. The first kappa shape index (κ1) is 32.1. The SMILES string of the molecule is CSCCC(NC(=O)C(Cc1ccccc1)NC(=O)C(N)CS)C(=O)NC(CCCN=C(N)N)C(=O)O.